The number of para-hydroxylation sites is 1. The molecule has 0 saturated carbocycles. The Balaban J connectivity index is 2.43. The lowest BCUT2D eigenvalue weighted by atomic mass is 10.3. The van der Waals surface area contributed by atoms with E-state index < -0.39 is 17.4 Å². The highest BCUT2D eigenvalue weighted by Crippen LogP contribution is 2.29. The van der Waals surface area contributed by atoms with Gasteiger partial charge in [-0.3, -0.25) is 9.69 Å². The van der Waals surface area contributed by atoms with Crippen LogP contribution in [0.1, 0.15) is 0 Å². The summed E-state index contributed by atoms with van der Waals surface area (Å²) in [5.41, 5.74) is -0.477. The van der Waals surface area contributed by atoms with E-state index in [2.05, 4.69) is 4.99 Å². The van der Waals surface area contributed by atoms with Gasteiger partial charge in [-0.25, -0.2) is 14.7 Å². The van der Waals surface area contributed by atoms with Gasteiger partial charge in [-0.15, -0.1) is 11.6 Å². The molecule has 1 aromatic carbocycles. The maximum Gasteiger partial charge on any atom is 0.337 e. The van der Waals surface area contributed by atoms with E-state index in [9.17, 15) is 9.59 Å². The normalized spacial score (nSPS) is 19.1. The van der Waals surface area contributed by atoms with Crippen molar-refractivity contribution >= 4 is 58.3 Å². The number of amidine groups is 1. The summed E-state index contributed by atoms with van der Waals surface area (Å²) >= 11 is 17.4. The third kappa shape index (κ3) is 2.61. The Bertz CT molecular complexity index is 591. The molecule has 1 unspecified atom stereocenters. The van der Waals surface area contributed by atoms with Crippen molar-refractivity contribution in [3.05, 3.63) is 29.3 Å². The zero-order chi connectivity index (χ0) is 14.9. The molecule has 0 bridgehead atoms. The van der Waals surface area contributed by atoms with Crippen molar-refractivity contribution in [3.8, 4) is 0 Å². The van der Waals surface area contributed by atoms with E-state index in [1.807, 2.05) is 0 Å². The average molecular weight is 335 g/mol. The Labute approximate surface area is 130 Å². The van der Waals surface area contributed by atoms with Gasteiger partial charge in [0.15, 0.2) is 0 Å². The molecule has 0 aromatic heterocycles. The number of benzene rings is 1. The van der Waals surface area contributed by atoms with Gasteiger partial charge in [0.2, 0.25) is 5.84 Å². The van der Waals surface area contributed by atoms with Gasteiger partial charge in [-0.05, 0) is 12.1 Å². The number of alkyl halides is 2. The van der Waals surface area contributed by atoms with Crippen molar-refractivity contribution < 1.29 is 9.59 Å². The fourth-order valence-electron chi connectivity index (χ4n) is 1.73. The predicted molar refractivity (Wildman–Crippen MR) is 79.9 cm³/mol. The van der Waals surface area contributed by atoms with Gasteiger partial charge in [0, 0.05) is 7.05 Å². The number of hydrogen-bond donors (Lipinski definition) is 0. The first-order chi connectivity index (χ1) is 9.47. The van der Waals surface area contributed by atoms with Crippen LogP contribution in [0.25, 0.3) is 0 Å². The third-order valence-corrected chi connectivity index (χ3v) is 3.70. The second-order valence-corrected chi connectivity index (χ2v) is 5.19. The van der Waals surface area contributed by atoms with Crippen molar-refractivity contribution in [2.45, 2.75) is 5.50 Å². The zero-order valence-corrected chi connectivity index (χ0v) is 12.7. The van der Waals surface area contributed by atoms with Crippen molar-refractivity contribution in [1.29, 1.82) is 0 Å². The molecule has 1 fully saturated rings. The van der Waals surface area contributed by atoms with Crippen molar-refractivity contribution in [1.82, 2.24) is 4.90 Å². The van der Waals surface area contributed by atoms with E-state index in [0.717, 1.165) is 9.80 Å². The van der Waals surface area contributed by atoms with Crippen LogP contribution in [0.15, 0.2) is 29.3 Å². The number of imide groups is 1. The summed E-state index contributed by atoms with van der Waals surface area (Å²) in [4.78, 5) is 30.5. The summed E-state index contributed by atoms with van der Waals surface area (Å²) in [5, 5.41) is 0.295. The highest BCUT2D eigenvalue weighted by molar-refractivity contribution is 6.55. The van der Waals surface area contributed by atoms with Crippen LogP contribution in [0, 0.1) is 0 Å². The first kappa shape index (κ1) is 15.1. The van der Waals surface area contributed by atoms with Crippen LogP contribution in [0.2, 0.25) is 5.02 Å². The summed E-state index contributed by atoms with van der Waals surface area (Å²) in [6.07, 6.45) is 0. The number of aliphatic imine (C=N–C) groups is 1. The van der Waals surface area contributed by atoms with Gasteiger partial charge in [-0.2, -0.15) is 0 Å². The van der Waals surface area contributed by atoms with E-state index >= 15 is 0 Å². The average Bonchev–Trinajstić information content (AvgIpc) is 2.64. The van der Waals surface area contributed by atoms with E-state index in [4.69, 9.17) is 34.8 Å². The standard InChI is InChI=1S/C12H10Cl3N3O2/c1-17-10(16-9(15)6-13)11(19)18(12(17)20)8-5-3-2-4-7(8)14/h2-5,9H,6H2,1H3/b16-10+. The van der Waals surface area contributed by atoms with Gasteiger partial charge in [0.1, 0.15) is 5.50 Å². The number of halogens is 3. The van der Waals surface area contributed by atoms with E-state index in [1.54, 1.807) is 24.3 Å². The van der Waals surface area contributed by atoms with E-state index in [-0.39, 0.29) is 11.7 Å². The largest absolute Gasteiger partial charge is 0.337 e. The number of likely N-dealkylation sites (N-methyl/N-ethyl adjacent to an activating group) is 1. The molecule has 0 aliphatic carbocycles. The molecule has 1 atom stereocenters. The zero-order valence-electron chi connectivity index (χ0n) is 10.4. The Morgan fingerprint density at radius 2 is 1.95 bits per heavy atom. The van der Waals surface area contributed by atoms with Crippen LogP contribution in [0.3, 0.4) is 0 Å². The molecule has 20 heavy (non-hydrogen) atoms. The molecule has 1 saturated heterocycles. The number of rotatable bonds is 3. The Morgan fingerprint density at radius 3 is 2.55 bits per heavy atom. The van der Waals surface area contributed by atoms with Crippen LogP contribution in [0.5, 0.6) is 0 Å². The van der Waals surface area contributed by atoms with Crippen LogP contribution in [-0.4, -0.2) is 41.1 Å². The minimum absolute atomic E-state index is 0.0342. The SMILES string of the molecule is CN1C(=O)N(c2ccccc2Cl)C(=O)/C1=N\C(Cl)CCl. The quantitative estimate of drug-likeness (QED) is 0.485. The molecule has 1 aliphatic rings. The number of carbonyl (C=O) groups is 2. The molecule has 1 aliphatic heterocycles. The minimum atomic E-state index is -0.780. The molecular formula is C12H10Cl3N3O2. The molecule has 2 rings (SSSR count). The van der Waals surface area contributed by atoms with Crippen LogP contribution >= 0.6 is 34.8 Å². The monoisotopic (exact) mass is 333 g/mol. The molecule has 0 radical (unpaired) electrons. The van der Waals surface area contributed by atoms with Gasteiger partial charge in [0.25, 0.3) is 0 Å². The van der Waals surface area contributed by atoms with E-state index in [1.165, 1.54) is 7.05 Å². The minimum Gasteiger partial charge on any atom is -0.276 e. The second kappa shape index (κ2) is 5.99. The van der Waals surface area contributed by atoms with Crippen LogP contribution in [0.4, 0.5) is 10.5 Å². The lowest BCUT2D eigenvalue weighted by molar-refractivity contribution is -0.111. The molecule has 106 valence electrons. The molecular weight excluding hydrogens is 325 g/mol. The molecule has 0 N–H and O–H groups in total. The highest BCUT2D eigenvalue weighted by atomic mass is 35.5. The van der Waals surface area contributed by atoms with Crippen molar-refractivity contribution in [2.24, 2.45) is 4.99 Å². The molecule has 3 amide bonds. The third-order valence-electron chi connectivity index (χ3n) is 2.67. The second-order valence-electron chi connectivity index (χ2n) is 3.98. The maximum atomic E-state index is 12.3. The summed E-state index contributed by atoms with van der Waals surface area (Å²) in [6.45, 7) is 0. The molecule has 1 heterocycles. The van der Waals surface area contributed by atoms with Gasteiger partial charge < -0.3 is 0 Å². The number of carbonyl (C=O) groups excluding carboxylic acids is 2. The number of nitrogens with zero attached hydrogens (tertiary/aromatic N) is 3. The molecule has 5 nitrogen and oxygen atoms in total. The summed E-state index contributed by atoms with van der Waals surface area (Å²) < 4.78 is 0. The topological polar surface area (TPSA) is 53.0 Å². The van der Waals surface area contributed by atoms with Gasteiger partial charge >= 0.3 is 11.9 Å². The maximum absolute atomic E-state index is 12.3. The Hall–Kier alpha value is -1.30. The van der Waals surface area contributed by atoms with Gasteiger partial charge in [-0.1, -0.05) is 35.3 Å². The lowest BCUT2D eigenvalue weighted by Gasteiger charge is -2.14. The fourth-order valence-corrected chi connectivity index (χ4v) is 2.11. The van der Waals surface area contributed by atoms with E-state index in [0.29, 0.717) is 10.7 Å². The number of anilines is 1. The predicted octanol–water partition coefficient (Wildman–Crippen LogP) is 2.94. The Kier molecular flexibility index (Phi) is 4.52. The van der Waals surface area contributed by atoms with Crippen molar-refractivity contribution in [2.75, 3.05) is 17.8 Å². The summed E-state index contributed by atoms with van der Waals surface area (Å²) in [5.74, 6) is -0.608. The van der Waals surface area contributed by atoms with Gasteiger partial charge in [0.05, 0.1) is 16.6 Å². The Morgan fingerprint density at radius 1 is 1.30 bits per heavy atom. The number of amides is 3. The van der Waals surface area contributed by atoms with Crippen LogP contribution < -0.4 is 4.90 Å². The first-order valence-corrected chi connectivity index (χ1v) is 6.96. The fraction of sp³-hybridized carbons (Fsp3) is 0.250. The molecule has 8 heteroatoms. The smallest absolute Gasteiger partial charge is 0.276 e. The molecule has 1 aromatic rings. The number of urea groups is 1. The van der Waals surface area contributed by atoms with Crippen molar-refractivity contribution in [3.63, 3.8) is 0 Å². The summed E-state index contributed by atoms with van der Waals surface area (Å²) in [6, 6.07) is 6.02. The highest BCUT2D eigenvalue weighted by Gasteiger charge is 2.42. The lowest BCUT2D eigenvalue weighted by Crippen LogP contribution is -2.31. The number of hydrogen-bond acceptors (Lipinski definition) is 3. The molecule has 0 spiro atoms. The first-order valence-electron chi connectivity index (χ1n) is 5.62. The summed E-state index contributed by atoms with van der Waals surface area (Å²) in [7, 11) is 1.44. The van der Waals surface area contributed by atoms with Crippen LogP contribution in [-0.2, 0) is 4.79 Å².